The van der Waals surface area contributed by atoms with Crippen molar-refractivity contribution < 1.29 is 0 Å². The van der Waals surface area contributed by atoms with Gasteiger partial charge in [0.15, 0.2) is 0 Å². The molecule has 0 aliphatic carbocycles. The Hall–Kier alpha value is -1.46. The average Bonchev–Trinajstić information content (AvgIpc) is 3.04. The van der Waals surface area contributed by atoms with Crippen molar-refractivity contribution >= 4 is 28.1 Å². The molecule has 1 aliphatic rings. The highest BCUT2D eigenvalue weighted by molar-refractivity contribution is 7.80. The molecule has 2 heterocycles. The third-order valence-electron chi connectivity index (χ3n) is 4.08. The minimum atomic E-state index is 0.232. The fourth-order valence-corrected chi connectivity index (χ4v) is 3.35. The maximum Gasteiger partial charge on any atom is 0.0902 e. The lowest BCUT2D eigenvalue weighted by Crippen LogP contribution is -2.38. The lowest BCUT2D eigenvalue weighted by atomic mass is 10.2. The van der Waals surface area contributed by atoms with Crippen molar-refractivity contribution in [1.29, 1.82) is 0 Å². The second-order valence-corrected chi connectivity index (χ2v) is 5.78. The number of hydrogen-bond acceptors (Lipinski definition) is 3. The molecule has 0 radical (unpaired) electrons. The average molecular weight is 288 g/mol. The molecule has 4 nitrogen and oxygen atoms in total. The van der Waals surface area contributed by atoms with Gasteiger partial charge in [0.25, 0.3) is 0 Å². The van der Waals surface area contributed by atoms with Gasteiger partial charge in [-0.1, -0.05) is 30.4 Å². The lowest BCUT2D eigenvalue weighted by Gasteiger charge is -2.22. The maximum atomic E-state index is 5.85. The SMILES string of the molecule is CCn1nc(CN2CCCC2C(N)=S)c2ccccc21. The molecular weight excluding hydrogens is 268 g/mol. The molecule has 2 aromatic rings. The Balaban J connectivity index is 1.93. The van der Waals surface area contributed by atoms with E-state index in [1.54, 1.807) is 0 Å². The van der Waals surface area contributed by atoms with E-state index in [4.69, 9.17) is 23.1 Å². The van der Waals surface area contributed by atoms with Crippen molar-refractivity contribution in [3.8, 4) is 0 Å². The van der Waals surface area contributed by atoms with Crippen LogP contribution in [0.1, 0.15) is 25.5 Å². The fraction of sp³-hybridized carbons (Fsp3) is 0.467. The van der Waals surface area contributed by atoms with E-state index in [2.05, 4.69) is 40.8 Å². The van der Waals surface area contributed by atoms with Crippen molar-refractivity contribution in [2.45, 2.75) is 38.9 Å². The van der Waals surface area contributed by atoms with Crippen LogP contribution in [0, 0.1) is 0 Å². The summed E-state index contributed by atoms with van der Waals surface area (Å²) in [6.07, 6.45) is 2.23. The van der Waals surface area contributed by atoms with Crippen LogP contribution in [0.25, 0.3) is 10.9 Å². The molecule has 5 heteroatoms. The summed E-state index contributed by atoms with van der Waals surface area (Å²) in [4.78, 5) is 2.97. The summed E-state index contributed by atoms with van der Waals surface area (Å²) in [5.41, 5.74) is 8.18. The highest BCUT2D eigenvalue weighted by Crippen LogP contribution is 2.24. The van der Waals surface area contributed by atoms with Crippen molar-refractivity contribution in [1.82, 2.24) is 14.7 Å². The van der Waals surface area contributed by atoms with Crippen LogP contribution >= 0.6 is 12.2 Å². The Morgan fingerprint density at radius 1 is 1.45 bits per heavy atom. The Kier molecular flexibility index (Phi) is 3.72. The minimum Gasteiger partial charge on any atom is -0.392 e. The fourth-order valence-electron chi connectivity index (χ4n) is 3.08. The molecular formula is C15H20N4S. The predicted octanol–water partition coefficient (Wildman–Crippen LogP) is 2.31. The maximum absolute atomic E-state index is 5.85. The van der Waals surface area contributed by atoms with Crippen LogP contribution < -0.4 is 5.73 Å². The molecule has 0 bridgehead atoms. The summed E-state index contributed by atoms with van der Waals surface area (Å²) in [5, 5.41) is 5.99. The topological polar surface area (TPSA) is 47.1 Å². The molecule has 1 aromatic heterocycles. The number of nitrogens with two attached hydrogens (primary N) is 1. The first-order valence-corrected chi connectivity index (χ1v) is 7.59. The highest BCUT2D eigenvalue weighted by atomic mass is 32.1. The normalized spacial score (nSPS) is 19.8. The molecule has 2 N–H and O–H groups in total. The molecule has 0 saturated carbocycles. The van der Waals surface area contributed by atoms with Gasteiger partial charge < -0.3 is 5.73 Å². The molecule has 1 atom stereocenters. The van der Waals surface area contributed by atoms with Gasteiger partial charge >= 0.3 is 0 Å². The number of fused-ring (bicyclic) bond motifs is 1. The smallest absolute Gasteiger partial charge is 0.0902 e. The van der Waals surface area contributed by atoms with Crippen LogP contribution in [-0.2, 0) is 13.1 Å². The Labute approximate surface area is 124 Å². The quantitative estimate of drug-likeness (QED) is 0.877. The van der Waals surface area contributed by atoms with Crippen LogP contribution in [0.3, 0.4) is 0 Å². The second kappa shape index (κ2) is 5.50. The van der Waals surface area contributed by atoms with Crippen LogP contribution in [0.2, 0.25) is 0 Å². The summed E-state index contributed by atoms with van der Waals surface area (Å²) < 4.78 is 2.07. The number of thiocarbonyl (C=S) groups is 1. The molecule has 0 spiro atoms. The van der Waals surface area contributed by atoms with E-state index in [1.165, 1.54) is 10.9 Å². The monoisotopic (exact) mass is 288 g/mol. The number of hydrogen-bond donors (Lipinski definition) is 1. The number of likely N-dealkylation sites (tertiary alicyclic amines) is 1. The first kappa shape index (κ1) is 13.5. The van der Waals surface area contributed by atoms with Gasteiger partial charge in [0, 0.05) is 18.5 Å². The van der Waals surface area contributed by atoms with E-state index < -0.39 is 0 Å². The molecule has 1 unspecified atom stereocenters. The van der Waals surface area contributed by atoms with E-state index >= 15 is 0 Å². The molecule has 20 heavy (non-hydrogen) atoms. The summed E-state index contributed by atoms with van der Waals surface area (Å²) in [7, 11) is 0. The van der Waals surface area contributed by atoms with E-state index in [9.17, 15) is 0 Å². The van der Waals surface area contributed by atoms with Gasteiger partial charge in [-0.3, -0.25) is 9.58 Å². The number of nitrogens with zero attached hydrogens (tertiary/aromatic N) is 3. The number of para-hydroxylation sites is 1. The summed E-state index contributed by atoms with van der Waals surface area (Å²) in [5.74, 6) is 0. The minimum absolute atomic E-state index is 0.232. The van der Waals surface area contributed by atoms with Crippen LogP contribution in [0.15, 0.2) is 24.3 Å². The molecule has 1 aromatic carbocycles. The van der Waals surface area contributed by atoms with E-state index in [-0.39, 0.29) is 6.04 Å². The number of rotatable bonds is 4. The van der Waals surface area contributed by atoms with Gasteiger partial charge in [-0.15, -0.1) is 0 Å². The van der Waals surface area contributed by atoms with Gasteiger partial charge in [0.05, 0.1) is 22.2 Å². The van der Waals surface area contributed by atoms with Gasteiger partial charge in [-0.2, -0.15) is 5.10 Å². The predicted molar refractivity (Wildman–Crippen MR) is 85.6 cm³/mol. The summed E-state index contributed by atoms with van der Waals surface area (Å²) >= 11 is 5.18. The molecule has 1 fully saturated rings. The molecule has 0 amide bonds. The Bertz CT molecular complexity index is 634. The Morgan fingerprint density at radius 2 is 2.25 bits per heavy atom. The summed E-state index contributed by atoms with van der Waals surface area (Å²) in [6.45, 7) is 4.89. The second-order valence-electron chi connectivity index (χ2n) is 5.31. The number of aryl methyl sites for hydroxylation is 1. The number of aromatic nitrogens is 2. The standard InChI is InChI=1S/C15H20N4S/c1-2-19-13-7-4-3-6-11(13)12(17-19)10-18-9-5-8-14(18)15(16)20/h3-4,6-7,14H,2,5,8-10H2,1H3,(H2,16,20). The summed E-state index contributed by atoms with van der Waals surface area (Å²) in [6, 6.07) is 8.64. The Morgan fingerprint density at radius 3 is 3.00 bits per heavy atom. The van der Waals surface area contributed by atoms with Crippen molar-refractivity contribution in [2.75, 3.05) is 6.54 Å². The van der Waals surface area contributed by atoms with Gasteiger partial charge in [-0.05, 0) is 32.4 Å². The molecule has 1 aliphatic heterocycles. The lowest BCUT2D eigenvalue weighted by molar-refractivity contribution is 0.291. The first-order valence-electron chi connectivity index (χ1n) is 7.18. The third-order valence-corrected chi connectivity index (χ3v) is 4.35. The zero-order valence-electron chi connectivity index (χ0n) is 11.7. The zero-order chi connectivity index (χ0) is 14.1. The van der Waals surface area contributed by atoms with Gasteiger partial charge in [-0.25, -0.2) is 0 Å². The molecule has 3 rings (SSSR count). The van der Waals surface area contributed by atoms with Crippen molar-refractivity contribution in [2.24, 2.45) is 5.73 Å². The van der Waals surface area contributed by atoms with E-state index in [0.717, 1.165) is 38.2 Å². The molecule has 106 valence electrons. The van der Waals surface area contributed by atoms with Gasteiger partial charge in [0.2, 0.25) is 0 Å². The highest BCUT2D eigenvalue weighted by Gasteiger charge is 2.27. The van der Waals surface area contributed by atoms with Crippen LogP contribution in [0.5, 0.6) is 0 Å². The third kappa shape index (κ3) is 2.31. The van der Waals surface area contributed by atoms with Crippen LogP contribution in [-0.4, -0.2) is 32.3 Å². The van der Waals surface area contributed by atoms with Crippen LogP contribution in [0.4, 0.5) is 0 Å². The zero-order valence-corrected chi connectivity index (χ0v) is 12.6. The van der Waals surface area contributed by atoms with E-state index in [0.29, 0.717) is 4.99 Å². The van der Waals surface area contributed by atoms with Crippen molar-refractivity contribution in [3.05, 3.63) is 30.0 Å². The molecule has 1 saturated heterocycles. The van der Waals surface area contributed by atoms with Crippen molar-refractivity contribution in [3.63, 3.8) is 0 Å². The van der Waals surface area contributed by atoms with E-state index in [1.807, 2.05) is 0 Å². The van der Waals surface area contributed by atoms with Gasteiger partial charge in [0.1, 0.15) is 0 Å². The number of benzene rings is 1. The first-order chi connectivity index (χ1) is 9.70. The largest absolute Gasteiger partial charge is 0.392 e.